The normalized spacial score (nSPS) is 11.6. The molecule has 0 unspecified atom stereocenters. The van der Waals surface area contributed by atoms with Crippen LogP contribution in [0.2, 0.25) is 0 Å². The van der Waals surface area contributed by atoms with E-state index >= 15 is 0 Å². The summed E-state index contributed by atoms with van der Waals surface area (Å²) < 4.78 is 24.2. The van der Waals surface area contributed by atoms with E-state index in [2.05, 4.69) is 10.1 Å². The molecule has 0 saturated heterocycles. The van der Waals surface area contributed by atoms with Crippen molar-refractivity contribution in [2.75, 3.05) is 0 Å². The van der Waals surface area contributed by atoms with Crippen molar-refractivity contribution in [3.8, 4) is 11.3 Å². The second-order valence-electron chi connectivity index (χ2n) is 3.19. The van der Waals surface area contributed by atoms with Gasteiger partial charge >= 0.3 is 0 Å². The summed E-state index contributed by atoms with van der Waals surface area (Å²) in [6.45, 7) is 0. The lowest BCUT2D eigenvalue weighted by molar-refractivity contribution is 0.609. The maximum atomic E-state index is 11.3. The maximum Gasteiger partial charge on any atom is 0.263 e. The monoisotopic (exact) mass is 257 g/mol. The molecule has 5 nitrogen and oxygen atoms in total. The van der Waals surface area contributed by atoms with Crippen LogP contribution < -0.4 is 0 Å². The Labute approximate surface area is 97.1 Å². The molecule has 0 aromatic carbocycles. The first kappa shape index (κ1) is 11.1. The first-order valence-electron chi connectivity index (χ1n) is 4.37. The number of rotatable bonds is 2. The molecule has 0 N–H and O–H groups in total. The van der Waals surface area contributed by atoms with E-state index < -0.39 is 9.05 Å². The van der Waals surface area contributed by atoms with Crippen LogP contribution in [0.3, 0.4) is 0 Å². The SMILES string of the molecule is Cn1cc(-c2ncccc2S(=O)(=O)Cl)cn1. The second kappa shape index (κ2) is 3.88. The fourth-order valence-corrected chi connectivity index (χ4v) is 2.36. The number of aryl methyl sites for hydroxylation is 1. The Kier molecular flexibility index (Phi) is 2.69. The van der Waals surface area contributed by atoms with Crippen LogP contribution in [0.25, 0.3) is 11.3 Å². The lowest BCUT2D eigenvalue weighted by Gasteiger charge is -2.02. The Balaban J connectivity index is 2.66. The van der Waals surface area contributed by atoms with Crippen LogP contribution in [0.4, 0.5) is 0 Å². The summed E-state index contributed by atoms with van der Waals surface area (Å²) in [5, 5.41) is 3.95. The highest BCUT2D eigenvalue weighted by atomic mass is 35.7. The summed E-state index contributed by atoms with van der Waals surface area (Å²) in [6.07, 6.45) is 4.72. The fraction of sp³-hybridized carbons (Fsp3) is 0.111. The van der Waals surface area contributed by atoms with Crippen LogP contribution in [0.15, 0.2) is 35.6 Å². The third kappa shape index (κ3) is 2.07. The van der Waals surface area contributed by atoms with Crippen LogP contribution in [0.1, 0.15) is 0 Å². The summed E-state index contributed by atoms with van der Waals surface area (Å²) in [6, 6.07) is 2.94. The van der Waals surface area contributed by atoms with E-state index in [9.17, 15) is 8.42 Å². The minimum absolute atomic E-state index is 0.00957. The van der Waals surface area contributed by atoms with Gasteiger partial charge in [-0.3, -0.25) is 9.67 Å². The van der Waals surface area contributed by atoms with E-state index in [4.69, 9.17) is 10.7 Å². The topological polar surface area (TPSA) is 64.8 Å². The van der Waals surface area contributed by atoms with Crippen molar-refractivity contribution in [3.63, 3.8) is 0 Å². The van der Waals surface area contributed by atoms with E-state index in [1.807, 2.05) is 0 Å². The molecule has 0 spiro atoms. The Bertz CT molecular complexity index is 621. The molecule has 0 aliphatic rings. The number of nitrogens with zero attached hydrogens (tertiary/aromatic N) is 3. The van der Waals surface area contributed by atoms with Crippen molar-refractivity contribution in [2.45, 2.75) is 4.90 Å². The van der Waals surface area contributed by atoms with Crippen molar-refractivity contribution < 1.29 is 8.42 Å². The van der Waals surface area contributed by atoms with E-state index in [0.29, 0.717) is 11.3 Å². The first-order valence-corrected chi connectivity index (χ1v) is 6.68. The highest BCUT2D eigenvalue weighted by Crippen LogP contribution is 2.26. The summed E-state index contributed by atoms with van der Waals surface area (Å²) >= 11 is 0. The van der Waals surface area contributed by atoms with Gasteiger partial charge < -0.3 is 0 Å². The Morgan fingerprint density at radius 3 is 2.75 bits per heavy atom. The van der Waals surface area contributed by atoms with E-state index in [-0.39, 0.29) is 4.90 Å². The minimum atomic E-state index is -3.80. The van der Waals surface area contributed by atoms with E-state index in [1.165, 1.54) is 24.5 Å². The molecular weight excluding hydrogens is 250 g/mol. The summed E-state index contributed by atoms with van der Waals surface area (Å²) in [7, 11) is 3.26. The number of hydrogen-bond donors (Lipinski definition) is 0. The third-order valence-corrected chi connectivity index (χ3v) is 3.37. The van der Waals surface area contributed by atoms with Gasteiger partial charge in [0, 0.05) is 35.7 Å². The zero-order chi connectivity index (χ0) is 11.8. The average Bonchev–Trinajstić information content (AvgIpc) is 2.64. The molecule has 2 heterocycles. The maximum absolute atomic E-state index is 11.3. The number of hydrogen-bond acceptors (Lipinski definition) is 4. The van der Waals surface area contributed by atoms with Crippen molar-refractivity contribution in [2.24, 2.45) is 7.05 Å². The first-order chi connectivity index (χ1) is 7.48. The summed E-state index contributed by atoms with van der Waals surface area (Å²) in [5.41, 5.74) is 0.924. The van der Waals surface area contributed by atoms with Gasteiger partial charge in [-0.05, 0) is 12.1 Å². The van der Waals surface area contributed by atoms with Gasteiger partial charge in [0.15, 0.2) is 0 Å². The number of halogens is 1. The van der Waals surface area contributed by atoms with E-state index in [1.54, 1.807) is 17.9 Å². The molecular formula is C9H8ClN3O2S. The molecule has 7 heteroatoms. The standard InChI is InChI=1S/C9H8ClN3O2S/c1-13-6-7(5-12-13)9-8(16(10,14)15)3-2-4-11-9/h2-6H,1H3. The van der Waals surface area contributed by atoms with Gasteiger partial charge in [0.2, 0.25) is 0 Å². The summed E-state index contributed by atoms with van der Waals surface area (Å²) in [4.78, 5) is 4.00. The lowest BCUT2D eigenvalue weighted by Crippen LogP contribution is -1.96. The smallest absolute Gasteiger partial charge is 0.263 e. The third-order valence-electron chi connectivity index (χ3n) is 2.01. The molecule has 2 aromatic heterocycles. The van der Waals surface area contributed by atoms with Gasteiger partial charge in [0.25, 0.3) is 9.05 Å². The van der Waals surface area contributed by atoms with Crippen LogP contribution in [-0.4, -0.2) is 23.2 Å². The minimum Gasteiger partial charge on any atom is -0.275 e. The molecule has 16 heavy (non-hydrogen) atoms. The quantitative estimate of drug-likeness (QED) is 0.763. The molecule has 0 atom stereocenters. The highest BCUT2D eigenvalue weighted by Gasteiger charge is 2.18. The molecule has 84 valence electrons. The van der Waals surface area contributed by atoms with Crippen LogP contribution in [0.5, 0.6) is 0 Å². The second-order valence-corrected chi connectivity index (χ2v) is 5.73. The number of pyridine rings is 1. The zero-order valence-corrected chi connectivity index (χ0v) is 9.90. The van der Waals surface area contributed by atoms with Gasteiger partial charge in [-0.2, -0.15) is 5.10 Å². The molecule has 0 amide bonds. The van der Waals surface area contributed by atoms with Crippen molar-refractivity contribution in [1.82, 2.24) is 14.8 Å². The van der Waals surface area contributed by atoms with Gasteiger partial charge in [-0.1, -0.05) is 0 Å². The summed E-state index contributed by atoms with van der Waals surface area (Å²) in [5.74, 6) is 0. The zero-order valence-electron chi connectivity index (χ0n) is 8.33. The van der Waals surface area contributed by atoms with Gasteiger partial charge in [0.05, 0.1) is 11.9 Å². The van der Waals surface area contributed by atoms with Crippen LogP contribution in [0, 0.1) is 0 Å². The average molecular weight is 258 g/mol. The van der Waals surface area contributed by atoms with Crippen molar-refractivity contribution >= 4 is 19.7 Å². The molecule has 0 radical (unpaired) electrons. The highest BCUT2D eigenvalue weighted by molar-refractivity contribution is 8.13. The van der Waals surface area contributed by atoms with Gasteiger partial charge in [-0.25, -0.2) is 8.42 Å². The van der Waals surface area contributed by atoms with Crippen molar-refractivity contribution in [3.05, 3.63) is 30.7 Å². The molecule has 0 bridgehead atoms. The Hall–Kier alpha value is -1.40. The van der Waals surface area contributed by atoms with Crippen molar-refractivity contribution in [1.29, 1.82) is 0 Å². The predicted molar refractivity (Wildman–Crippen MR) is 59.5 cm³/mol. The van der Waals surface area contributed by atoms with Crippen LogP contribution in [-0.2, 0) is 16.1 Å². The predicted octanol–water partition coefficient (Wildman–Crippen LogP) is 1.41. The van der Waals surface area contributed by atoms with E-state index in [0.717, 1.165) is 0 Å². The fourth-order valence-electron chi connectivity index (χ4n) is 1.35. The number of aromatic nitrogens is 3. The molecule has 0 fully saturated rings. The largest absolute Gasteiger partial charge is 0.275 e. The Morgan fingerprint density at radius 1 is 1.44 bits per heavy atom. The molecule has 0 aliphatic heterocycles. The lowest BCUT2D eigenvalue weighted by atomic mass is 10.2. The molecule has 0 aliphatic carbocycles. The molecule has 2 aromatic rings. The Morgan fingerprint density at radius 2 is 2.19 bits per heavy atom. The van der Waals surface area contributed by atoms with Crippen LogP contribution >= 0.6 is 10.7 Å². The molecule has 0 saturated carbocycles. The van der Waals surface area contributed by atoms with Gasteiger partial charge in [0.1, 0.15) is 4.90 Å². The molecule has 2 rings (SSSR count). The van der Waals surface area contributed by atoms with Gasteiger partial charge in [-0.15, -0.1) is 0 Å².